The summed E-state index contributed by atoms with van der Waals surface area (Å²) in [4.78, 5) is 14.0. The van der Waals surface area contributed by atoms with E-state index in [-0.39, 0.29) is 6.10 Å². The second-order valence-corrected chi connectivity index (χ2v) is 8.27. The maximum atomic E-state index is 5.89. The van der Waals surface area contributed by atoms with E-state index in [1.165, 1.54) is 5.69 Å². The lowest BCUT2D eigenvalue weighted by Crippen LogP contribution is -2.23. The van der Waals surface area contributed by atoms with Crippen LogP contribution in [-0.2, 0) is 4.74 Å². The highest BCUT2D eigenvalue weighted by Crippen LogP contribution is 2.35. The van der Waals surface area contributed by atoms with Crippen molar-refractivity contribution in [2.24, 2.45) is 0 Å². The van der Waals surface area contributed by atoms with Crippen molar-refractivity contribution in [3.63, 3.8) is 0 Å². The molecule has 32 heavy (non-hydrogen) atoms. The van der Waals surface area contributed by atoms with E-state index in [4.69, 9.17) is 14.5 Å². The topological polar surface area (TPSA) is 62.8 Å². The molecule has 1 unspecified atom stereocenters. The maximum Gasteiger partial charge on any atom is 0.213 e. The van der Waals surface area contributed by atoms with Crippen LogP contribution in [0.4, 0.5) is 11.4 Å². The number of rotatable bonds is 9. The normalized spacial score (nSPS) is 16.0. The maximum absolute atomic E-state index is 5.89. The Balaban J connectivity index is 1.70. The van der Waals surface area contributed by atoms with Crippen LogP contribution in [0.15, 0.2) is 42.6 Å². The van der Waals surface area contributed by atoms with Crippen LogP contribution in [0.5, 0.6) is 5.88 Å². The van der Waals surface area contributed by atoms with E-state index in [2.05, 4.69) is 65.4 Å². The van der Waals surface area contributed by atoms with Gasteiger partial charge < -0.3 is 24.6 Å². The number of nitrogens with zero attached hydrogens (tertiary/aromatic N) is 4. The van der Waals surface area contributed by atoms with Gasteiger partial charge in [0.05, 0.1) is 17.3 Å². The average molecular weight is 436 g/mol. The number of fused-ring (bicyclic) bond motifs is 1. The first-order chi connectivity index (χ1) is 15.6. The van der Waals surface area contributed by atoms with E-state index in [1.807, 2.05) is 25.4 Å². The first kappa shape index (κ1) is 22.3. The van der Waals surface area contributed by atoms with Gasteiger partial charge in [0.1, 0.15) is 6.61 Å². The number of pyridine rings is 2. The van der Waals surface area contributed by atoms with E-state index < -0.39 is 0 Å². The van der Waals surface area contributed by atoms with Gasteiger partial charge in [-0.1, -0.05) is 0 Å². The zero-order valence-corrected chi connectivity index (χ0v) is 19.5. The molecule has 0 spiro atoms. The molecule has 0 bridgehead atoms. The molecule has 7 nitrogen and oxygen atoms in total. The van der Waals surface area contributed by atoms with Crippen molar-refractivity contribution < 1.29 is 9.47 Å². The highest BCUT2D eigenvalue weighted by Gasteiger charge is 2.25. The van der Waals surface area contributed by atoms with E-state index in [0.29, 0.717) is 12.5 Å². The summed E-state index contributed by atoms with van der Waals surface area (Å²) in [5.74, 6) is 0.624. The van der Waals surface area contributed by atoms with Crippen LogP contribution >= 0.6 is 0 Å². The second-order valence-electron chi connectivity index (χ2n) is 8.27. The van der Waals surface area contributed by atoms with E-state index in [1.54, 1.807) is 0 Å². The molecule has 1 aliphatic heterocycles. The molecule has 1 saturated heterocycles. The lowest BCUT2D eigenvalue weighted by Gasteiger charge is -2.22. The average Bonchev–Trinajstić information content (AvgIpc) is 3.27. The summed E-state index contributed by atoms with van der Waals surface area (Å²) in [5.41, 5.74) is 5.21. The van der Waals surface area contributed by atoms with Crippen LogP contribution in [-0.4, -0.2) is 70.1 Å². The Morgan fingerprint density at radius 2 is 2.06 bits per heavy atom. The van der Waals surface area contributed by atoms with Gasteiger partial charge in [0, 0.05) is 74.9 Å². The molecule has 3 aromatic rings. The number of nitrogens with one attached hydrogen (secondary N) is 1. The van der Waals surface area contributed by atoms with Crippen molar-refractivity contribution in [3.8, 4) is 17.1 Å². The standard InChI is InChI=1S/C25H33N5O2/c1-5-31-20-10-12-30(17-20)24-15-22(18-6-9-25(27-16-18)32-13-11-26-2)28-23-14-19(29(3)4)7-8-21(23)24/h6-9,14-16,20,26H,5,10-13,17H2,1-4H3. The number of aromatic nitrogens is 2. The third kappa shape index (κ3) is 4.95. The third-order valence-corrected chi connectivity index (χ3v) is 5.81. The zero-order valence-electron chi connectivity index (χ0n) is 19.5. The predicted octanol–water partition coefficient (Wildman–Crippen LogP) is 3.58. The van der Waals surface area contributed by atoms with Crippen molar-refractivity contribution in [3.05, 3.63) is 42.6 Å². The summed E-state index contributed by atoms with van der Waals surface area (Å²) in [6.45, 7) is 6.07. The number of ether oxygens (including phenoxy) is 2. The van der Waals surface area contributed by atoms with Crippen molar-refractivity contribution in [1.82, 2.24) is 15.3 Å². The fourth-order valence-electron chi connectivity index (χ4n) is 4.08. The molecule has 3 heterocycles. The third-order valence-electron chi connectivity index (χ3n) is 5.81. The summed E-state index contributed by atoms with van der Waals surface area (Å²) in [5, 5.41) is 4.23. The van der Waals surface area contributed by atoms with Gasteiger partial charge in [-0.05, 0) is 50.7 Å². The number of anilines is 2. The Bertz CT molecular complexity index is 1040. The van der Waals surface area contributed by atoms with E-state index in [9.17, 15) is 0 Å². The molecule has 0 saturated carbocycles. The molecule has 170 valence electrons. The lowest BCUT2D eigenvalue weighted by atomic mass is 10.1. The van der Waals surface area contributed by atoms with Gasteiger partial charge in [0.25, 0.3) is 0 Å². The molecule has 1 aliphatic rings. The first-order valence-electron chi connectivity index (χ1n) is 11.3. The Morgan fingerprint density at radius 3 is 2.78 bits per heavy atom. The van der Waals surface area contributed by atoms with Crippen LogP contribution in [0.25, 0.3) is 22.2 Å². The molecule has 1 N–H and O–H groups in total. The fraction of sp³-hybridized carbons (Fsp3) is 0.440. The monoisotopic (exact) mass is 435 g/mol. The van der Waals surface area contributed by atoms with Gasteiger partial charge in [-0.25, -0.2) is 9.97 Å². The van der Waals surface area contributed by atoms with Crippen LogP contribution in [0.1, 0.15) is 13.3 Å². The molecule has 0 radical (unpaired) electrons. The Hall–Kier alpha value is -2.90. The minimum atomic E-state index is 0.281. The van der Waals surface area contributed by atoms with Gasteiger partial charge in [0.2, 0.25) is 5.88 Å². The Morgan fingerprint density at radius 1 is 1.19 bits per heavy atom. The first-order valence-corrected chi connectivity index (χ1v) is 11.3. The molecular formula is C25H33N5O2. The van der Waals surface area contributed by atoms with Crippen LogP contribution in [0, 0.1) is 0 Å². The zero-order chi connectivity index (χ0) is 22.5. The molecule has 4 rings (SSSR count). The number of hydrogen-bond donors (Lipinski definition) is 1. The molecular weight excluding hydrogens is 402 g/mol. The molecule has 0 amide bonds. The van der Waals surface area contributed by atoms with E-state index in [0.717, 1.165) is 60.5 Å². The summed E-state index contributed by atoms with van der Waals surface area (Å²) >= 11 is 0. The second kappa shape index (κ2) is 10.1. The SMILES string of the molecule is CCOC1CCN(c2cc(-c3ccc(OCCNC)nc3)nc3cc(N(C)C)ccc23)C1. The largest absolute Gasteiger partial charge is 0.476 e. The Kier molecular flexibility index (Phi) is 7.07. The van der Waals surface area contributed by atoms with Gasteiger partial charge >= 0.3 is 0 Å². The molecule has 1 aromatic carbocycles. The lowest BCUT2D eigenvalue weighted by molar-refractivity contribution is 0.0788. The molecule has 0 aliphatic carbocycles. The van der Waals surface area contributed by atoms with Crippen LogP contribution in [0.3, 0.4) is 0 Å². The van der Waals surface area contributed by atoms with Crippen molar-refractivity contribution in [1.29, 1.82) is 0 Å². The van der Waals surface area contributed by atoms with Crippen molar-refractivity contribution >= 4 is 22.3 Å². The smallest absolute Gasteiger partial charge is 0.213 e. The van der Waals surface area contributed by atoms with Gasteiger partial charge in [-0.3, -0.25) is 0 Å². The van der Waals surface area contributed by atoms with Crippen molar-refractivity contribution in [2.45, 2.75) is 19.4 Å². The summed E-state index contributed by atoms with van der Waals surface area (Å²) in [7, 11) is 6.01. The molecule has 2 aromatic heterocycles. The molecule has 1 fully saturated rings. The molecule has 1 atom stereocenters. The summed E-state index contributed by atoms with van der Waals surface area (Å²) in [6, 6.07) is 12.6. The van der Waals surface area contributed by atoms with Crippen LogP contribution < -0.4 is 19.9 Å². The summed E-state index contributed by atoms with van der Waals surface area (Å²) in [6.07, 6.45) is 3.17. The number of hydrogen-bond acceptors (Lipinski definition) is 7. The minimum Gasteiger partial charge on any atom is -0.476 e. The van der Waals surface area contributed by atoms with Crippen LogP contribution in [0.2, 0.25) is 0 Å². The highest BCUT2D eigenvalue weighted by atomic mass is 16.5. The number of benzene rings is 1. The minimum absolute atomic E-state index is 0.281. The number of likely N-dealkylation sites (N-methyl/N-ethyl adjacent to an activating group) is 1. The summed E-state index contributed by atoms with van der Waals surface area (Å²) < 4.78 is 11.6. The van der Waals surface area contributed by atoms with Gasteiger partial charge in [-0.2, -0.15) is 0 Å². The quantitative estimate of drug-likeness (QED) is 0.516. The van der Waals surface area contributed by atoms with Gasteiger partial charge in [-0.15, -0.1) is 0 Å². The Labute approximate surface area is 190 Å². The van der Waals surface area contributed by atoms with Gasteiger partial charge in [0.15, 0.2) is 0 Å². The predicted molar refractivity (Wildman–Crippen MR) is 131 cm³/mol. The highest BCUT2D eigenvalue weighted by molar-refractivity contribution is 5.96. The molecule has 7 heteroatoms. The van der Waals surface area contributed by atoms with Crippen molar-refractivity contribution in [2.75, 3.05) is 63.8 Å². The van der Waals surface area contributed by atoms with E-state index >= 15 is 0 Å². The fourth-order valence-corrected chi connectivity index (χ4v) is 4.08.